The van der Waals surface area contributed by atoms with Crippen LogP contribution in [0, 0.1) is 0 Å². The molecule has 0 fully saturated rings. The van der Waals surface area contributed by atoms with E-state index in [4.69, 9.17) is 0 Å². The molecule has 0 heterocycles. The molecule has 11 heteroatoms. The van der Waals surface area contributed by atoms with Crippen molar-refractivity contribution in [3.8, 4) is 0 Å². The minimum atomic E-state index is -6.03. The van der Waals surface area contributed by atoms with Crippen LogP contribution in [0.1, 0.15) is 20.3 Å². The third-order valence-electron chi connectivity index (χ3n) is 2.63. The van der Waals surface area contributed by atoms with Crippen molar-refractivity contribution in [3.63, 3.8) is 0 Å². The number of carbonyl (C=O) groups is 1. The zero-order valence-electron chi connectivity index (χ0n) is 10.8. The number of halogens is 8. The summed E-state index contributed by atoms with van der Waals surface area (Å²) in [7, 11) is 0. The van der Waals surface area contributed by atoms with Gasteiger partial charge in [-0.15, -0.1) is 0 Å². The predicted molar refractivity (Wildman–Crippen MR) is 78.5 cm³/mol. The zero-order chi connectivity index (χ0) is 17.3. The van der Waals surface area contributed by atoms with Gasteiger partial charge in [0.1, 0.15) is 9.53 Å². The molecule has 0 rings (SSSR count). The minimum absolute atomic E-state index is 0.108. The van der Waals surface area contributed by atoms with Gasteiger partial charge in [-0.1, -0.05) is 52.1 Å². The van der Waals surface area contributed by atoms with Gasteiger partial charge < -0.3 is 9.84 Å². The van der Waals surface area contributed by atoms with E-state index in [0.717, 1.165) is 6.92 Å². The summed E-state index contributed by atoms with van der Waals surface area (Å²) in [5.74, 6) is -1.25. The summed E-state index contributed by atoms with van der Waals surface area (Å²) in [6.07, 6.45) is -15.7. The van der Waals surface area contributed by atoms with Gasteiger partial charge in [-0.3, -0.25) is 4.79 Å². The highest BCUT2D eigenvalue weighted by Crippen LogP contribution is 2.47. The molecule has 0 aromatic carbocycles. The first-order valence-corrected chi connectivity index (χ1v) is 8.07. The molecule has 3 nitrogen and oxygen atoms in total. The maximum atomic E-state index is 12.7. The van der Waals surface area contributed by atoms with Crippen molar-refractivity contribution in [1.29, 1.82) is 0 Å². The Kier molecular flexibility index (Phi) is 7.08. The van der Waals surface area contributed by atoms with Crippen LogP contribution in [0.3, 0.4) is 0 Å². The standard InChI is InChI=1S/C10H12F6I2O3/c1-3-5(21-6(19)7(2,18)4-17)8(20,9(11,12)13)10(14,15)16/h5,20H,3-4H2,1-2H3. The lowest BCUT2D eigenvalue weighted by molar-refractivity contribution is -0.391. The van der Waals surface area contributed by atoms with Crippen LogP contribution in [-0.4, -0.2) is 43.0 Å². The second-order valence-electron chi connectivity index (χ2n) is 4.40. The van der Waals surface area contributed by atoms with Crippen LogP contribution in [0.4, 0.5) is 26.3 Å². The van der Waals surface area contributed by atoms with Crippen molar-refractivity contribution < 1.29 is 41.0 Å². The van der Waals surface area contributed by atoms with Crippen molar-refractivity contribution in [2.75, 3.05) is 4.43 Å². The van der Waals surface area contributed by atoms with Gasteiger partial charge in [-0.05, 0) is 13.3 Å². The zero-order valence-corrected chi connectivity index (χ0v) is 15.1. The van der Waals surface area contributed by atoms with E-state index >= 15 is 0 Å². The number of rotatable bonds is 5. The Hall–Kier alpha value is 0.470. The van der Waals surface area contributed by atoms with Crippen LogP contribution in [0.5, 0.6) is 0 Å². The number of carbonyl (C=O) groups excluding carboxylic acids is 1. The van der Waals surface area contributed by atoms with E-state index < -0.39 is 39.9 Å². The van der Waals surface area contributed by atoms with Gasteiger partial charge in [0.25, 0.3) is 5.60 Å². The van der Waals surface area contributed by atoms with Gasteiger partial charge in [-0.2, -0.15) is 26.3 Å². The Morgan fingerprint density at radius 1 is 1.19 bits per heavy atom. The molecule has 126 valence electrons. The van der Waals surface area contributed by atoms with Gasteiger partial charge in [0.2, 0.25) is 0 Å². The number of esters is 1. The van der Waals surface area contributed by atoms with Crippen molar-refractivity contribution in [2.45, 2.75) is 47.7 Å². The molecular weight excluding hydrogens is 536 g/mol. The molecule has 0 aliphatic heterocycles. The Morgan fingerprint density at radius 2 is 1.57 bits per heavy atom. The van der Waals surface area contributed by atoms with Gasteiger partial charge >= 0.3 is 18.3 Å². The summed E-state index contributed by atoms with van der Waals surface area (Å²) in [4.78, 5) is 11.7. The van der Waals surface area contributed by atoms with Crippen molar-refractivity contribution in [2.24, 2.45) is 0 Å². The summed E-state index contributed by atoms with van der Waals surface area (Å²) in [5.41, 5.74) is -5.11. The van der Waals surface area contributed by atoms with E-state index in [-0.39, 0.29) is 4.43 Å². The van der Waals surface area contributed by atoms with Crippen molar-refractivity contribution in [3.05, 3.63) is 0 Å². The highest BCUT2D eigenvalue weighted by molar-refractivity contribution is 14.1. The lowest BCUT2D eigenvalue weighted by Gasteiger charge is -2.38. The van der Waals surface area contributed by atoms with Crippen LogP contribution >= 0.6 is 45.2 Å². The van der Waals surface area contributed by atoms with Gasteiger partial charge in [0, 0.05) is 4.43 Å². The fraction of sp³-hybridized carbons (Fsp3) is 0.900. The molecule has 21 heavy (non-hydrogen) atoms. The highest BCUT2D eigenvalue weighted by Gasteiger charge is 2.75. The number of ether oxygens (including phenoxy) is 1. The molecule has 0 saturated carbocycles. The van der Waals surface area contributed by atoms with E-state index in [2.05, 4.69) is 4.74 Å². The molecule has 2 atom stereocenters. The minimum Gasteiger partial charge on any atom is -0.458 e. The quantitative estimate of drug-likeness (QED) is 0.247. The average molecular weight is 548 g/mol. The van der Waals surface area contributed by atoms with Crippen molar-refractivity contribution in [1.82, 2.24) is 0 Å². The van der Waals surface area contributed by atoms with E-state index in [1.54, 1.807) is 45.2 Å². The highest BCUT2D eigenvalue weighted by atomic mass is 127. The molecule has 0 amide bonds. The van der Waals surface area contributed by atoms with Crippen LogP contribution in [-0.2, 0) is 9.53 Å². The topological polar surface area (TPSA) is 46.5 Å². The van der Waals surface area contributed by atoms with Crippen LogP contribution in [0.25, 0.3) is 0 Å². The Balaban J connectivity index is 5.64. The number of alkyl halides is 8. The van der Waals surface area contributed by atoms with E-state index in [0.29, 0.717) is 0 Å². The van der Waals surface area contributed by atoms with Gasteiger partial charge in [0.15, 0.2) is 0 Å². The van der Waals surface area contributed by atoms with E-state index in [9.17, 15) is 36.2 Å². The van der Waals surface area contributed by atoms with Gasteiger partial charge in [0.05, 0.1) is 0 Å². The molecule has 0 aliphatic rings. The summed E-state index contributed by atoms with van der Waals surface area (Å²) in [5, 5.41) is 9.20. The Morgan fingerprint density at radius 3 is 1.81 bits per heavy atom. The second-order valence-corrected chi connectivity index (χ2v) is 7.54. The SMILES string of the molecule is CCC(OC(=O)C(C)(I)CI)C(O)(C(F)(F)F)C(F)(F)F. The van der Waals surface area contributed by atoms with Crippen LogP contribution < -0.4 is 0 Å². The third kappa shape index (κ3) is 4.48. The monoisotopic (exact) mass is 548 g/mol. The molecule has 0 bridgehead atoms. The summed E-state index contributed by atoms with van der Waals surface area (Å²) < 4.78 is 79.3. The molecule has 1 N–H and O–H groups in total. The maximum Gasteiger partial charge on any atom is 0.430 e. The summed E-state index contributed by atoms with van der Waals surface area (Å²) in [6.45, 7) is 2.25. The lowest BCUT2D eigenvalue weighted by Crippen LogP contribution is -2.65. The predicted octanol–water partition coefficient (Wildman–Crippen LogP) is 3.79. The van der Waals surface area contributed by atoms with Gasteiger partial charge in [-0.25, -0.2) is 0 Å². The molecule has 0 saturated heterocycles. The fourth-order valence-electron chi connectivity index (χ4n) is 1.30. The first-order chi connectivity index (χ1) is 9.15. The third-order valence-corrected chi connectivity index (χ3v) is 6.43. The molecule has 0 radical (unpaired) electrons. The summed E-state index contributed by atoms with van der Waals surface area (Å²) >= 11 is 3.30. The molecule has 0 aromatic heterocycles. The van der Waals surface area contributed by atoms with Crippen molar-refractivity contribution >= 4 is 51.2 Å². The Labute approximate surface area is 144 Å². The molecular formula is C10H12F6I2O3. The summed E-state index contributed by atoms with van der Waals surface area (Å²) in [6, 6.07) is 0. The first kappa shape index (κ1) is 21.5. The average Bonchev–Trinajstić information content (AvgIpc) is 2.31. The largest absolute Gasteiger partial charge is 0.458 e. The van der Waals surface area contributed by atoms with E-state index in [1.165, 1.54) is 6.92 Å². The second kappa shape index (κ2) is 6.93. The lowest BCUT2D eigenvalue weighted by atomic mass is 9.92. The van der Waals surface area contributed by atoms with Crippen LogP contribution in [0.2, 0.25) is 0 Å². The normalized spacial score (nSPS) is 18.0. The molecule has 0 spiro atoms. The Bertz CT molecular complexity index is 366. The first-order valence-electron chi connectivity index (χ1n) is 5.47. The molecule has 0 aliphatic carbocycles. The smallest absolute Gasteiger partial charge is 0.430 e. The van der Waals surface area contributed by atoms with Crippen LogP contribution in [0.15, 0.2) is 0 Å². The molecule has 2 unspecified atom stereocenters. The number of hydrogen-bond donors (Lipinski definition) is 1. The maximum absolute atomic E-state index is 12.7. The number of aliphatic hydroxyl groups is 1. The van der Waals surface area contributed by atoms with E-state index in [1.807, 2.05) is 0 Å². The number of hydrogen-bond acceptors (Lipinski definition) is 3. The molecule has 0 aromatic rings. The fourth-order valence-corrected chi connectivity index (χ4v) is 1.73.